The second-order valence-corrected chi connectivity index (χ2v) is 5.58. The quantitative estimate of drug-likeness (QED) is 0.806. The molecule has 112 valence electrons. The van der Waals surface area contributed by atoms with Crippen molar-refractivity contribution in [3.05, 3.63) is 35.5 Å². The summed E-state index contributed by atoms with van der Waals surface area (Å²) in [6.45, 7) is 2.04. The number of aromatic amines is 1. The standard InChI is InChI=1S/C14H18N6.ClH/c1-2-11(10-7-18-20-12(10)3-1)19-14-4-13(16-8-17-14)9-5-15-6-9;/h4,7-9,11,15H,1-3,5-6H2,(H,18,20)(H,16,17,19);1H. The molecule has 21 heavy (non-hydrogen) atoms. The number of aromatic nitrogens is 4. The predicted molar refractivity (Wildman–Crippen MR) is 82.8 cm³/mol. The average molecular weight is 307 g/mol. The molecular formula is C14H19ClN6. The Morgan fingerprint density at radius 2 is 2.14 bits per heavy atom. The molecule has 2 aromatic rings. The van der Waals surface area contributed by atoms with E-state index in [0.717, 1.165) is 37.4 Å². The molecule has 0 aromatic carbocycles. The van der Waals surface area contributed by atoms with Crippen molar-refractivity contribution in [3.63, 3.8) is 0 Å². The summed E-state index contributed by atoms with van der Waals surface area (Å²) >= 11 is 0. The Balaban J connectivity index is 0.00000132. The SMILES string of the molecule is Cl.c1nc(NC2CCCc3[nH]ncc32)cc(C2CNC2)n1. The first-order valence-electron chi connectivity index (χ1n) is 7.21. The smallest absolute Gasteiger partial charge is 0.130 e. The van der Waals surface area contributed by atoms with Gasteiger partial charge in [0.25, 0.3) is 0 Å². The topological polar surface area (TPSA) is 78.5 Å². The summed E-state index contributed by atoms with van der Waals surface area (Å²) in [7, 11) is 0. The van der Waals surface area contributed by atoms with Crippen LogP contribution in [0.2, 0.25) is 0 Å². The molecule has 0 radical (unpaired) electrons. The fourth-order valence-corrected chi connectivity index (χ4v) is 2.96. The van der Waals surface area contributed by atoms with E-state index in [1.807, 2.05) is 6.20 Å². The van der Waals surface area contributed by atoms with Crippen LogP contribution < -0.4 is 10.6 Å². The average Bonchev–Trinajstić information content (AvgIpc) is 2.86. The third-order valence-electron chi connectivity index (χ3n) is 4.26. The zero-order chi connectivity index (χ0) is 13.4. The molecule has 1 saturated heterocycles. The third-order valence-corrected chi connectivity index (χ3v) is 4.26. The highest BCUT2D eigenvalue weighted by molar-refractivity contribution is 5.85. The molecule has 6 nitrogen and oxygen atoms in total. The number of nitrogens with zero attached hydrogens (tertiary/aromatic N) is 3. The summed E-state index contributed by atoms with van der Waals surface area (Å²) in [6, 6.07) is 2.39. The first-order valence-corrected chi connectivity index (χ1v) is 7.21. The molecule has 1 aliphatic carbocycles. The fourth-order valence-electron chi connectivity index (χ4n) is 2.96. The first-order chi connectivity index (χ1) is 9.90. The van der Waals surface area contributed by atoms with Crippen molar-refractivity contribution < 1.29 is 0 Å². The minimum absolute atomic E-state index is 0. The number of hydrogen-bond donors (Lipinski definition) is 3. The van der Waals surface area contributed by atoms with Gasteiger partial charge in [-0.15, -0.1) is 12.4 Å². The van der Waals surface area contributed by atoms with Crippen molar-refractivity contribution >= 4 is 18.2 Å². The van der Waals surface area contributed by atoms with Gasteiger partial charge in [0.05, 0.1) is 17.9 Å². The maximum atomic E-state index is 4.38. The Morgan fingerprint density at radius 3 is 2.95 bits per heavy atom. The lowest BCUT2D eigenvalue weighted by atomic mass is 9.93. The Kier molecular flexibility index (Phi) is 4.07. The molecule has 1 aliphatic heterocycles. The van der Waals surface area contributed by atoms with Crippen molar-refractivity contribution in [3.8, 4) is 0 Å². The van der Waals surface area contributed by atoms with Crippen LogP contribution in [0.3, 0.4) is 0 Å². The van der Waals surface area contributed by atoms with Gasteiger partial charge in [-0.2, -0.15) is 5.10 Å². The van der Waals surface area contributed by atoms with Crippen molar-refractivity contribution in [1.82, 2.24) is 25.5 Å². The maximum absolute atomic E-state index is 4.38. The highest BCUT2D eigenvalue weighted by atomic mass is 35.5. The van der Waals surface area contributed by atoms with Crippen LogP contribution in [0, 0.1) is 0 Å². The molecule has 3 N–H and O–H groups in total. The van der Waals surface area contributed by atoms with Gasteiger partial charge in [0, 0.05) is 36.3 Å². The molecule has 4 rings (SSSR count). The van der Waals surface area contributed by atoms with E-state index in [9.17, 15) is 0 Å². The molecular weight excluding hydrogens is 288 g/mol. The molecule has 1 fully saturated rings. The number of aryl methyl sites for hydroxylation is 1. The number of halogens is 1. The zero-order valence-corrected chi connectivity index (χ0v) is 12.5. The Bertz CT molecular complexity index is 609. The molecule has 1 atom stereocenters. The van der Waals surface area contributed by atoms with E-state index < -0.39 is 0 Å². The van der Waals surface area contributed by atoms with Crippen LogP contribution in [-0.2, 0) is 6.42 Å². The summed E-state index contributed by atoms with van der Waals surface area (Å²) in [5.74, 6) is 1.45. The van der Waals surface area contributed by atoms with Gasteiger partial charge in [0.1, 0.15) is 12.1 Å². The van der Waals surface area contributed by atoms with E-state index in [2.05, 4.69) is 36.9 Å². The molecule has 2 aromatic heterocycles. The Morgan fingerprint density at radius 1 is 1.24 bits per heavy atom. The second kappa shape index (κ2) is 5.99. The number of anilines is 1. The molecule has 0 spiro atoms. The van der Waals surface area contributed by atoms with Gasteiger partial charge in [-0.1, -0.05) is 0 Å². The highest BCUT2D eigenvalue weighted by Crippen LogP contribution is 2.31. The van der Waals surface area contributed by atoms with Crippen LogP contribution in [0.15, 0.2) is 18.6 Å². The normalized spacial score (nSPS) is 21.0. The van der Waals surface area contributed by atoms with Crippen LogP contribution >= 0.6 is 12.4 Å². The molecule has 7 heteroatoms. The lowest BCUT2D eigenvalue weighted by molar-refractivity contribution is 0.439. The van der Waals surface area contributed by atoms with Crippen LogP contribution in [0.4, 0.5) is 5.82 Å². The maximum Gasteiger partial charge on any atom is 0.130 e. The summed E-state index contributed by atoms with van der Waals surface area (Å²) in [4.78, 5) is 8.74. The zero-order valence-electron chi connectivity index (χ0n) is 11.7. The summed E-state index contributed by atoms with van der Waals surface area (Å²) in [5, 5.41) is 14.1. The minimum atomic E-state index is 0. The molecule has 1 unspecified atom stereocenters. The van der Waals surface area contributed by atoms with Crippen molar-refractivity contribution in [2.45, 2.75) is 31.2 Å². The van der Waals surface area contributed by atoms with Crippen molar-refractivity contribution in [1.29, 1.82) is 0 Å². The van der Waals surface area contributed by atoms with E-state index in [4.69, 9.17) is 0 Å². The van der Waals surface area contributed by atoms with Gasteiger partial charge in [-0.25, -0.2) is 9.97 Å². The van der Waals surface area contributed by atoms with Gasteiger partial charge in [0.2, 0.25) is 0 Å². The minimum Gasteiger partial charge on any atom is -0.363 e. The lowest BCUT2D eigenvalue weighted by Gasteiger charge is -2.27. The Hall–Kier alpha value is -1.66. The number of rotatable bonds is 3. The molecule has 2 aliphatic rings. The largest absolute Gasteiger partial charge is 0.363 e. The van der Waals surface area contributed by atoms with Gasteiger partial charge in [0.15, 0.2) is 0 Å². The van der Waals surface area contributed by atoms with Crippen LogP contribution in [-0.4, -0.2) is 33.3 Å². The third kappa shape index (κ3) is 2.73. The van der Waals surface area contributed by atoms with E-state index in [0.29, 0.717) is 12.0 Å². The molecule has 0 bridgehead atoms. The van der Waals surface area contributed by atoms with Crippen LogP contribution in [0.5, 0.6) is 0 Å². The molecule has 0 saturated carbocycles. The van der Waals surface area contributed by atoms with Crippen molar-refractivity contribution in [2.75, 3.05) is 18.4 Å². The predicted octanol–water partition coefficient (Wildman–Crippen LogP) is 1.80. The molecule has 0 amide bonds. The van der Waals surface area contributed by atoms with Gasteiger partial charge < -0.3 is 10.6 Å². The van der Waals surface area contributed by atoms with E-state index in [1.165, 1.54) is 17.7 Å². The number of nitrogens with one attached hydrogen (secondary N) is 3. The van der Waals surface area contributed by atoms with Crippen LogP contribution in [0.25, 0.3) is 0 Å². The monoisotopic (exact) mass is 306 g/mol. The van der Waals surface area contributed by atoms with Crippen LogP contribution in [0.1, 0.15) is 41.8 Å². The molecule has 3 heterocycles. The van der Waals surface area contributed by atoms with Gasteiger partial charge in [-0.3, -0.25) is 5.10 Å². The number of fused-ring (bicyclic) bond motifs is 1. The highest BCUT2D eigenvalue weighted by Gasteiger charge is 2.24. The van der Waals surface area contributed by atoms with E-state index in [1.54, 1.807) is 6.33 Å². The van der Waals surface area contributed by atoms with E-state index in [-0.39, 0.29) is 12.4 Å². The fraction of sp³-hybridized carbons (Fsp3) is 0.500. The second-order valence-electron chi connectivity index (χ2n) is 5.58. The van der Waals surface area contributed by atoms with E-state index >= 15 is 0 Å². The first kappa shape index (κ1) is 14.3. The Labute approximate surface area is 129 Å². The summed E-state index contributed by atoms with van der Waals surface area (Å²) < 4.78 is 0. The summed E-state index contributed by atoms with van der Waals surface area (Å²) in [5.41, 5.74) is 3.66. The van der Waals surface area contributed by atoms with Gasteiger partial charge in [-0.05, 0) is 19.3 Å². The number of hydrogen-bond acceptors (Lipinski definition) is 5. The lowest BCUT2D eigenvalue weighted by Crippen LogP contribution is -2.40. The summed E-state index contributed by atoms with van der Waals surface area (Å²) in [6.07, 6.45) is 6.99. The van der Waals surface area contributed by atoms with Crippen molar-refractivity contribution in [2.24, 2.45) is 0 Å². The number of H-pyrrole nitrogens is 1. The van der Waals surface area contributed by atoms with Gasteiger partial charge >= 0.3 is 0 Å².